The van der Waals surface area contributed by atoms with E-state index in [1.54, 1.807) is 19.1 Å². The van der Waals surface area contributed by atoms with Crippen LogP contribution in [0.2, 0.25) is 0 Å². The van der Waals surface area contributed by atoms with Crippen molar-refractivity contribution >= 4 is 23.5 Å². The highest BCUT2D eigenvalue weighted by molar-refractivity contribution is 8.02. The predicted octanol–water partition coefficient (Wildman–Crippen LogP) is 2.67. The van der Waals surface area contributed by atoms with Gasteiger partial charge >= 0.3 is 5.97 Å². The lowest BCUT2D eigenvalue weighted by atomic mass is 9.93. The standard InChI is InChI=1S/C12H18O3S/c1-4-7-12(8-5-2,10(13)6-3)16-9-11(14)15/h4-5H,1-2,6-9H2,3H3,(H,14,15). The van der Waals surface area contributed by atoms with Crippen LogP contribution in [-0.2, 0) is 9.59 Å². The van der Waals surface area contributed by atoms with E-state index in [1.807, 2.05) is 0 Å². The number of hydrogen-bond acceptors (Lipinski definition) is 3. The summed E-state index contributed by atoms with van der Waals surface area (Å²) in [7, 11) is 0. The molecule has 0 aliphatic rings. The van der Waals surface area contributed by atoms with Crippen LogP contribution in [-0.4, -0.2) is 27.4 Å². The average Bonchev–Trinajstić information content (AvgIpc) is 2.25. The Morgan fingerprint density at radius 1 is 1.31 bits per heavy atom. The van der Waals surface area contributed by atoms with Crippen LogP contribution in [0, 0.1) is 0 Å². The summed E-state index contributed by atoms with van der Waals surface area (Å²) in [5.74, 6) is -0.932. The molecule has 0 fully saturated rings. The molecule has 0 bridgehead atoms. The lowest BCUT2D eigenvalue weighted by Gasteiger charge is -2.28. The van der Waals surface area contributed by atoms with Gasteiger partial charge in [-0.15, -0.1) is 24.9 Å². The summed E-state index contributed by atoms with van der Waals surface area (Å²) in [6.07, 6.45) is 4.67. The first kappa shape index (κ1) is 15.0. The Kier molecular flexibility index (Phi) is 6.81. The highest BCUT2D eigenvalue weighted by Gasteiger charge is 2.35. The van der Waals surface area contributed by atoms with Crippen molar-refractivity contribution in [1.29, 1.82) is 0 Å². The fourth-order valence-electron chi connectivity index (χ4n) is 1.50. The molecule has 90 valence electrons. The highest BCUT2D eigenvalue weighted by atomic mass is 32.2. The molecule has 0 aliphatic heterocycles. The van der Waals surface area contributed by atoms with E-state index in [0.717, 1.165) is 0 Å². The monoisotopic (exact) mass is 242 g/mol. The fraction of sp³-hybridized carbons (Fsp3) is 0.500. The number of Topliss-reactive ketones (excluding diaryl/α,β-unsaturated/α-hetero) is 1. The summed E-state index contributed by atoms with van der Waals surface area (Å²) in [5, 5.41) is 8.68. The molecule has 0 spiro atoms. The SMILES string of the molecule is C=CCC(CC=C)(SCC(=O)O)C(=O)CC. The molecule has 16 heavy (non-hydrogen) atoms. The fourth-order valence-corrected chi connectivity index (χ4v) is 2.67. The first-order chi connectivity index (χ1) is 7.52. The van der Waals surface area contributed by atoms with Gasteiger partial charge in [-0.2, -0.15) is 0 Å². The van der Waals surface area contributed by atoms with Crippen LogP contribution in [0.25, 0.3) is 0 Å². The van der Waals surface area contributed by atoms with Gasteiger partial charge in [-0.1, -0.05) is 19.1 Å². The first-order valence-corrected chi connectivity index (χ1v) is 6.11. The molecule has 0 heterocycles. The quantitative estimate of drug-likeness (QED) is 0.632. The number of carboxylic acids is 1. The molecular formula is C12H18O3S. The topological polar surface area (TPSA) is 54.4 Å². The molecule has 3 nitrogen and oxygen atoms in total. The Hall–Kier alpha value is -1.03. The molecule has 4 heteroatoms. The number of rotatable bonds is 9. The van der Waals surface area contributed by atoms with E-state index >= 15 is 0 Å². The van der Waals surface area contributed by atoms with Gasteiger partial charge in [0.25, 0.3) is 0 Å². The predicted molar refractivity (Wildman–Crippen MR) is 67.8 cm³/mol. The molecule has 0 aromatic rings. The molecule has 0 aromatic heterocycles. The largest absolute Gasteiger partial charge is 0.481 e. The zero-order valence-electron chi connectivity index (χ0n) is 9.57. The summed E-state index contributed by atoms with van der Waals surface area (Å²) in [6, 6.07) is 0. The Bertz CT molecular complexity index is 274. The number of ketones is 1. The molecule has 0 unspecified atom stereocenters. The van der Waals surface area contributed by atoms with Gasteiger partial charge in [0.15, 0.2) is 0 Å². The number of allylic oxidation sites excluding steroid dienone is 2. The van der Waals surface area contributed by atoms with Gasteiger partial charge in [-0.25, -0.2) is 0 Å². The van der Waals surface area contributed by atoms with Crippen LogP contribution in [0.4, 0.5) is 0 Å². The second-order valence-corrected chi connectivity index (χ2v) is 4.80. The van der Waals surface area contributed by atoms with Crippen molar-refractivity contribution in [2.45, 2.75) is 30.9 Å². The van der Waals surface area contributed by atoms with Crippen LogP contribution in [0.1, 0.15) is 26.2 Å². The number of carbonyl (C=O) groups is 2. The minimum absolute atomic E-state index is 0.0542. The zero-order chi connectivity index (χ0) is 12.6. The van der Waals surface area contributed by atoms with Gasteiger partial charge < -0.3 is 5.11 Å². The van der Waals surface area contributed by atoms with Gasteiger partial charge in [0.1, 0.15) is 5.78 Å². The minimum atomic E-state index is -0.911. The van der Waals surface area contributed by atoms with Crippen LogP contribution < -0.4 is 0 Å². The van der Waals surface area contributed by atoms with E-state index in [-0.39, 0.29) is 11.5 Å². The molecule has 0 radical (unpaired) electrons. The third-order valence-electron chi connectivity index (χ3n) is 2.25. The summed E-state index contributed by atoms with van der Waals surface area (Å²) in [5.41, 5.74) is 0. The number of carbonyl (C=O) groups excluding carboxylic acids is 1. The van der Waals surface area contributed by atoms with E-state index in [4.69, 9.17) is 5.11 Å². The van der Waals surface area contributed by atoms with Gasteiger partial charge in [0.2, 0.25) is 0 Å². The second kappa shape index (κ2) is 7.28. The molecule has 0 aliphatic carbocycles. The smallest absolute Gasteiger partial charge is 0.313 e. The van der Waals surface area contributed by atoms with E-state index in [9.17, 15) is 9.59 Å². The van der Waals surface area contributed by atoms with Gasteiger partial charge in [0.05, 0.1) is 10.5 Å². The summed E-state index contributed by atoms with van der Waals surface area (Å²) < 4.78 is -0.698. The lowest BCUT2D eigenvalue weighted by molar-refractivity contribution is -0.133. The third-order valence-corrected chi connectivity index (χ3v) is 3.75. The Morgan fingerprint density at radius 2 is 1.81 bits per heavy atom. The van der Waals surface area contributed by atoms with Crippen LogP contribution in [0.3, 0.4) is 0 Å². The lowest BCUT2D eigenvalue weighted by Crippen LogP contribution is -2.35. The maximum atomic E-state index is 11.9. The van der Waals surface area contributed by atoms with Gasteiger partial charge in [-0.3, -0.25) is 9.59 Å². The van der Waals surface area contributed by atoms with E-state index < -0.39 is 10.7 Å². The number of carboxylic acid groups (broad SMARTS) is 1. The van der Waals surface area contributed by atoms with Crippen molar-refractivity contribution in [3.8, 4) is 0 Å². The van der Waals surface area contributed by atoms with Crippen molar-refractivity contribution in [3.05, 3.63) is 25.3 Å². The highest BCUT2D eigenvalue weighted by Crippen LogP contribution is 2.35. The second-order valence-electron chi connectivity index (χ2n) is 3.44. The Labute approximate surface area is 101 Å². The van der Waals surface area contributed by atoms with Gasteiger partial charge in [-0.05, 0) is 12.8 Å². The molecule has 1 N–H and O–H groups in total. The number of thioether (sulfide) groups is 1. The average molecular weight is 242 g/mol. The molecular weight excluding hydrogens is 224 g/mol. The maximum absolute atomic E-state index is 11.9. The van der Waals surface area contributed by atoms with Crippen molar-refractivity contribution in [3.63, 3.8) is 0 Å². The molecule has 0 saturated carbocycles. The van der Waals surface area contributed by atoms with Crippen LogP contribution in [0.15, 0.2) is 25.3 Å². The summed E-state index contributed by atoms with van der Waals surface area (Å²) in [6.45, 7) is 9.03. The molecule has 0 saturated heterocycles. The third kappa shape index (κ3) is 4.23. The Balaban J connectivity index is 4.90. The van der Waals surface area contributed by atoms with E-state index in [0.29, 0.717) is 19.3 Å². The zero-order valence-corrected chi connectivity index (χ0v) is 10.4. The summed E-state index contributed by atoms with van der Waals surface area (Å²) in [4.78, 5) is 22.5. The molecule has 0 atom stereocenters. The van der Waals surface area contributed by atoms with Crippen LogP contribution in [0.5, 0.6) is 0 Å². The maximum Gasteiger partial charge on any atom is 0.313 e. The van der Waals surface area contributed by atoms with Crippen molar-refractivity contribution < 1.29 is 14.7 Å². The normalized spacial score (nSPS) is 10.8. The number of aliphatic carboxylic acids is 1. The van der Waals surface area contributed by atoms with Crippen LogP contribution >= 0.6 is 11.8 Å². The van der Waals surface area contributed by atoms with Crippen molar-refractivity contribution in [2.75, 3.05) is 5.75 Å². The number of hydrogen-bond donors (Lipinski definition) is 1. The minimum Gasteiger partial charge on any atom is -0.481 e. The first-order valence-electron chi connectivity index (χ1n) is 5.13. The van der Waals surface area contributed by atoms with E-state index in [2.05, 4.69) is 13.2 Å². The van der Waals surface area contributed by atoms with E-state index in [1.165, 1.54) is 11.8 Å². The Morgan fingerprint density at radius 3 is 2.12 bits per heavy atom. The van der Waals surface area contributed by atoms with Gasteiger partial charge in [0, 0.05) is 6.42 Å². The molecule has 0 aromatic carbocycles. The van der Waals surface area contributed by atoms with Crippen molar-refractivity contribution in [2.24, 2.45) is 0 Å². The summed E-state index contributed by atoms with van der Waals surface area (Å²) >= 11 is 1.17. The van der Waals surface area contributed by atoms with Crippen molar-refractivity contribution in [1.82, 2.24) is 0 Å². The molecule has 0 rings (SSSR count). The molecule has 0 amide bonds.